The third-order valence-electron chi connectivity index (χ3n) is 4.61. The van der Waals surface area contributed by atoms with Gasteiger partial charge in [0, 0.05) is 31.2 Å². The Morgan fingerprint density at radius 1 is 1.35 bits per heavy atom. The maximum absolute atomic E-state index is 12.7. The first kappa shape index (κ1) is 18.5. The first-order chi connectivity index (χ1) is 12.7. The molecule has 26 heavy (non-hydrogen) atoms. The number of aryl methyl sites for hydroxylation is 1. The molecule has 2 aromatic rings. The number of nitrogens with one attached hydrogen (secondary N) is 1. The lowest BCUT2D eigenvalue weighted by atomic mass is 10.1. The number of amides is 2. The quantitative estimate of drug-likeness (QED) is 0.861. The van der Waals surface area contributed by atoms with Gasteiger partial charge in [0.1, 0.15) is 0 Å². The van der Waals surface area contributed by atoms with E-state index in [1.165, 1.54) is 18.4 Å². The highest BCUT2D eigenvalue weighted by atomic mass is 16.5. The minimum atomic E-state index is -0.0673. The predicted molar refractivity (Wildman–Crippen MR) is 102 cm³/mol. The van der Waals surface area contributed by atoms with Crippen molar-refractivity contribution in [1.82, 2.24) is 14.7 Å². The number of urea groups is 1. The fourth-order valence-corrected chi connectivity index (χ4v) is 3.15. The van der Waals surface area contributed by atoms with Gasteiger partial charge in [0.25, 0.3) is 0 Å². The van der Waals surface area contributed by atoms with E-state index in [-0.39, 0.29) is 12.1 Å². The zero-order valence-electron chi connectivity index (χ0n) is 15.4. The van der Waals surface area contributed by atoms with Gasteiger partial charge in [-0.1, -0.05) is 25.5 Å². The molecule has 1 N–H and O–H groups in total. The van der Waals surface area contributed by atoms with E-state index in [4.69, 9.17) is 4.74 Å². The van der Waals surface area contributed by atoms with Gasteiger partial charge >= 0.3 is 6.03 Å². The molecule has 1 fully saturated rings. The van der Waals surface area contributed by atoms with Crippen LogP contribution in [0.2, 0.25) is 0 Å². The number of unbranched alkanes of at least 4 members (excludes halogenated alkanes) is 1. The largest absolute Gasteiger partial charge is 0.374 e. The standard InChI is InChI=1S/C20H28N4O2/c1-2-3-6-17-7-9-18(10-8-17)22-20(25)23-12-5-14-26-19(15-23)16-24-13-4-11-21-24/h4,7-11,13,19H,2-3,5-6,12,14-16H2,1H3,(H,22,25)/t19-/m1/s1. The van der Waals surface area contributed by atoms with E-state index in [1.807, 2.05) is 34.0 Å². The molecule has 2 heterocycles. The van der Waals surface area contributed by atoms with Crippen molar-refractivity contribution in [3.63, 3.8) is 0 Å². The Balaban J connectivity index is 1.55. The predicted octanol–water partition coefficient (Wildman–Crippen LogP) is 3.55. The Labute approximate surface area is 155 Å². The number of hydrogen-bond acceptors (Lipinski definition) is 3. The molecule has 0 bridgehead atoms. The molecule has 1 aliphatic rings. The second-order valence-electron chi connectivity index (χ2n) is 6.75. The maximum Gasteiger partial charge on any atom is 0.321 e. The van der Waals surface area contributed by atoms with Crippen molar-refractivity contribution in [2.45, 2.75) is 45.3 Å². The minimum Gasteiger partial charge on any atom is -0.374 e. The van der Waals surface area contributed by atoms with Crippen molar-refractivity contribution in [2.24, 2.45) is 0 Å². The average Bonchev–Trinajstić information content (AvgIpc) is 3.05. The van der Waals surface area contributed by atoms with Crippen LogP contribution in [0.25, 0.3) is 0 Å². The second-order valence-corrected chi connectivity index (χ2v) is 6.75. The van der Waals surface area contributed by atoms with Crippen molar-refractivity contribution in [1.29, 1.82) is 0 Å². The molecule has 0 unspecified atom stereocenters. The van der Waals surface area contributed by atoms with Gasteiger partial charge in [-0.25, -0.2) is 4.79 Å². The van der Waals surface area contributed by atoms with Crippen molar-refractivity contribution in [2.75, 3.05) is 25.0 Å². The van der Waals surface area contributed by atoms with Gasteiger partial charge in [-0.2, -0.15) is 5.10 Å². The number of carbonyl (C=O) groups excluding carboxylic acids is 1. The average molecular weight is 356 g/mol. The van der Waals surface area contributed by atoms with Crippen molar-refractivity contribution < 1.29 is 9.53 Å². The molecule has 0 aliphatic carbocycles. The van der Waals surface area contributed by atoms with E-state index >= 15 is 0 Å². The van der Waals surface area contributed by atoms with Gasteiger partial charge in [-0.05, 0) is 43.0 Å². The first-order valence-electron chi connectivity index (χ1n) is 9.48. The molecule has 1 atom stereocenters. The van der Waals surface area contributed by atoms with Crippen molar-refractivity contribution in [3.05, 3.63) is 48.3 Å². The van der Waals surface area contributed by atoms with Gasteiger partial charge in [0.15, 0.2) is 0 Å². The van der Waals surface area contributed by atoms with E-state index in [0.717, 1.165) is 18.5 Å². The van der Waals surface area contributed by atoms with Crippen LogP contribution in [-0.4, -0.2) is 46.5 Å². The van der Waals surface area contributed by atoms with E-state index in [0.29, 0.717) is 26.2 Å². The monoisotopic (exact) mass is 356 g/mol. The molecule has 6 nitrogen and oxygen atoms in total. The maximum atomic E-state index is 12.7. The lowest BCUT2D eigenvalue weighted by Gasteiger charge is -2.24. The Bertz CT molecular complexity index is 670. The number of nitrogens with zero attached hydrogens (tertiary/aromatic N) is 3. The summed E-state index contributed by atoms with van der Waals surface area (Å²) in [5.41, 5.74) is 2.15. The summed E-state index contributed by atoms with van der Waals surface area (Å²) in [4.78, 5) is 14.5. The summed E-state index contributed by atoms with van der Waals surface area (Å²) in [5.74, 6) is 0. The SMILES string of the molecule is CCCCc1ccc(NC(=O)N2CCCO[C@@H](Cn3cccn3)C2)cc1. The topological polar surface area (TPSA) is 59.4 Å². The van der Waals surface area contributed by atoms with E-state index in [9.17, 15) is 4.79 Å². The molecule has 2 amide bonds. The number of hydrogen-bond donors (Lipinski definition) is 1. The number of benzene rings is 1. The molecule has 0 saturated carbocycles. The smallest absolute Gasteiger partial charge is 0.321 e. The first-order valence-corrected chi connectivity index (χ1v) is 9.48. The van der Waals surface area contributed by atoms with Gasteiger partial charge in [0.2, 0.25) is 0 Å². The lowest BCUT2D eigenvalue weighted by molar-refractivity contribution is 0.0442. The summed E-state index contributed by atoms with van der Waals surface area (Å²) < 4.78 is 7.73. The van der Waals surface area contributed by atoms with Crippen LogP contribution in [-0.2, 0) is 17.7 Å². The highest BCUT2D eigenvalue weighted by molar-refractivity contribution is 5.89. The fraction of sp³-hybridized carbons (Fsp3) is 0.500. The van der Waals surface area contributed by atoms with Gasteiger partial charge < -0.3 is 15.0 Å². The summed E-state index contributed by atoms with van der Waals surface area (Å²) in [6, 6.07) is 9.99. The normalized spacial score (nSPS) is 17.7. The summed E-state index contributed by atoms with van der Waals surface area (Å²) in [6.45, 7) is 4.79. The molecule has 0 spiro atoms. The lowest BCUT2D eigenvalue weighted by Crippen LogP contribution is -2.41. The van der Waals surface area contributed by atoms with Crippen LogP contribution in [0.15, 0.2) is 42.7 Å². The zero-order valence-corrected chi connectivity index (χ0v) is 15.4. The third-order valence-corrected chi connectivity index (χ3v) is 4.61. The van der Waals surface area contributed by atoms with Crippen LogP contribution >= 0.6 is 0 Å². The molecule has 1 saturated heterocycles. The van der Waals surface area contributed by atoms with Crippen molar-refractivity contribution in [3.8, 4) is 0 Å². The van der Waals surface area contributed by atoms with Gasteiger partial charge in [-0.15, -0.1) is 0 Å². The van der Waals surface area contributed by atoms with Crippen LogP contribution in [0.3, 0.4) is 0 Å². The molecule has 1 aromatic carbocycles. The number of ether oxygens (including phenoxy) is 1. The van der Waals surface area contributed by atoms with Crippen LogP contribution in [0.1, 0.15) is 31.7 Å². The highest BCUT2D eigenvalue weighted by Crippen LogP contribution is 2.14. The zero-order chi connectivity index (χ0) is 18.2. The third kappa shape index (κ3) is 5.33. The Hall–Kier alpha value is -2.34. The summed E-state index contributed by atoms with van der Waals surface area (Å²) in [7, 11) is 0. The van der Waals surface area contributed by atoms with E-state index < -0.39 is 0 Å². The Morgan fingerprint density at radius 3 is 2.92 bits per heavy atom. The number of aromatic nitrogens is 2. The molecule has 3 rings (SSSR count). The van der Waals surface area contributed by atoms with Crippen LogP contribution < -0.4 is 5.32 Å². The second kappa shape index (κ2) is 9.38. The van der Waals surface area contributed by atoms with Crippen LogP contribution in [0.5, 0.6) is 0 Å². The number of anilines is 1. The summed E-state index contributed by atoms with van der Waals surface area (Å²) >= 11 is 0. The molecule has 1 aromatic heterocycles. The highest BCUT2D eigenvalue weighted by Gasteiger charge is 2.23. The molecular weight excluding hydrogens is 328 g/mol. The summed E-state index contributed by atoms with van der Waals surface area (Å²) in [6.07, 6.45) is 7.94. The number of carbonyl (C=O) groups is 1. The van der Waals surface area contributed by atoms with E-state index in [1.54, 1.807) is 6.20 Å². The van der Waals surface area contributed by atoms with Gasteiger partial charge in [-0.3, -0.25) is 4.68 Å². The summed E-state index contributed by atoms with van der Waals surface area (Å²) in [5, 5.41) is 7.24. The Morgan fingerprint density at radius 2 is 2.19 bits per heavy atom. The van der Waals surface area contributed by atoms with Crippen LogP contribution in [0, 0.1) is 0 Å². The van der Waals surface area contributed by atoms with Crippen LogP contribution in [0.4, 0.5) is 10.5 Å². The van der Waals surface area contributed by atoms with Gasteiger partial charge in [0.05, 0.1) is 19.2 Å². The minimum absolute atomic E-state index is 0.0421. The molecule has 140 valence electrons. The van der Waals surface area contributed by atoms with E-state index in [2.05, 4.69) is 29.5 Å². The number of rotatable bonds is 6. The molecule has 6 heteroatoms. The molecular formula is C20H28N4O2. The Kier molecular flexibility index (Phi) is 6.66. The molecule has 0 radical (unpaired) electrons. The molecule has 1 aliphatic heterocycles. The van der Waals surface area contributed by atoms with Crippen molar-refractivity contribution >= 4 is 11.7 Å². The fourth-order valence-electron chi connectivity index (χ4n) is 3.15.